The molecule has 3 aromatic rings. The minimum absolute atomic E-state index is 0.0680. The fraction of sp³-hybridized carbons (Fsp3) is 0.444. The maximum Gasteiger partial charge on any atom is 0.391 e. The van der Waals surface area contributed by atoms with E-state index >= 15 is 0 Å². The molecule has 6 rings (SSSR count). The molecule has 1 amide bonds. The molecular weight excluding hydrogens is 467 g/mol. The van der Waals surface area contributed by atoms with Crippen molar-refractivity contribution in [3.63, 3.8) is 0 Å². The van der Waals surface area contributed by atoms with Crippen molar-refractivity contribution in [2.75, 3.05) is 30.3 Å². The molecule has 1 atom stereocenters. The zero-order valence-corrected chi connectivity index (χ0v) is 19.8. The van der Waals surface area contributed by atoms with Crippen LogP contribution >= 0.6 is 0 Å². The van der Waals surface area contributed by atoms with Gasteiger partial charge in [-0.1, -0.05) is 18.2 Å². The second-order valence-corrected chi connectivity index (χ2v) is 10.2. The molecule has 3 fully saturated rings. The number of carbonyl (C=O) groups excluding carboxylic acids is 1. The van der Waals surface area contributed by atoms with Crippen molar-refractivity contribution in [2.24, 2.45) is 5.92 Å². The summed E-state index contributed by atoms with van der Waals surface area (Å²) >= 11 is 0. The van der Waals surface area contributed by atoms with Crippen LogP contribution < -0.4 is 10.6 Å². The molecule has 9 heteroatoms. The fourth-order valence-electron chi connectivity index (χ4n) is 5.37. The normalized spacial score (nSPS) is 20.7. The molecule has 1 aromatic carbocycles. The minimum Gasteiger partial charge on any atom is -0.396 e. The van der Waals surface area contributed by atoms with Gasteiger partial charge in [-0.05, 0) is 48.8 Å². The molecular formula is C27H28F3N5O. The van der Waals surface area contributed by atoms with Gasteiger partial charge in [-0.3, -0.25) is 9.78 Å². The van der Waals surface area contributed by atoms with Crippen LogP contribution in [0.15, 0.2) is 42.7 Å². The standard InChI is InChI=1S/C27H28F3N5O/c28-27(29,30)13-19-15-34(10-11-35(19)26(36)17-6-7-17)25-23(31)12-22(24(33-25)16-4-5-16)21-3-1-2-18-14-32-9-8-20(18)21/h1-3,8-9,12,14,16-17,19H,4-7,10-11,13,15,31H2. The molecule has 1 aliphatic heterocycles. The van der Waals surface area contributed by atoms with E-state index in [-0.39, 0.29) is 24.9 Å². The molecule has 1 saturated heterocycles. The molecule has 3 heterocycles. The highest BCUT2D eigenvalue weighted by Crippen LogP contribution is 2.47. The number of pyridine rings is 2. The number of halogens is 3. The zero-order valence-electron chi connectivity index (χ0n) is 19.8. The van der Waals surface area contributed by atoms with Crippen LogP contribution in [0, 0.1) is 5.92 Å². The fourth-order valence-corrected chi connectivity index (χ4v) is 5.37. The first-order chi connectivity index (χ1) is 17.3. The number of nitrogen functional groups attached to an aromatic ring is 1. The average Bonchev–Trinajstić information content (AvgIpc) is 3.75. The summed E-state index contributed by atoms with van der Waals surface area (Å²) in [6.07, 6.45) is 1.78. The first kappa shape index (κ1) is 23.1. The predicted molar refractivity (Wildman–Crippen MR) is 132 cm³/mol. The molecule has 2 aliphatic carbocycles. The molecule has 3 aliphatic rings. The molecule has 0 radical (unpaired) electrons. The minimum atomic E-state index is -4.36. The lowest BCUT2D eigenvalue weighted by molar-refractivity contribution is -0.156. The summed E-state index contributed by atoms with van der Waals surface area (Å²) in [4.78, 5) is 25.2. The third kappa shape index (κ3) is 4.47. The van der Waals surface area contributed by atoms with E-state index in [4.69, 9.17) is 10.7 Å². The highest BCUT2D eigenvalue weighted by molar-refractivity contribution is 5.97. The van der Waals surface area contributed by atoms with Crippen molar-refractivity contribution in [2.45, 2.75) is 50.2 Å². The van der Waals surface area contributed by atoms with Crippen molar-refractivity contribution >= 4 is 28.2 Å². The Morgan fingerprint density at radius 2 is 1.89 bits per heavy atom. The van der Waals surface area contributed by atoms with E-state index in [0.29, 0.717) is 24.0 Å². The largest absolute Gasteiger partial charge is 0.396 e. The van der Waals surface area contributed by atoms with E-state index in [0.717, 1.165) is 53.3 Å². The Bertz CT molecular complexity index is 1310. The van der Waals surface area contributed by atoms with Gasteiger partial charge in [0.25, 0.3) is 0 Å². The number of alkyl halides is 3. The van der Waals surface area contributed by atoms with Gasteiger partial charge in [-0.25, -0.2) is 4.98 Å². The number of hydrogen-bond acceptors (Lipinski definition) is 5. The molecule has 0 spiro atoms. The molecule has 2 N–H and O–H groups in total. The van der Waals surface area contributed by atoms with Gasteiger partial charge in [0.15, 0.2) is 5.82 Å². The Morgan fingerprint density at radius 3 is 2.61 bits per heavy atom. The van der Waals surface area contributed by atoms with Crippen molar-refractivity contribution in [1.82, 2.24) is 14.9 Å². The van der Waals surface area contributed by atoms with E-state index in [1.54, 1.807) is 6.20 Å². The maximum atomic E-state index is 13.4. The number of fused-ring (bicyclic) bond motifs is 1. The van der Waals surface area contributed by atoms with E-state index in [1.807, 2.05) is 41.4 Å². The smallest absolute Gasteiger partial charge is 0.391 e. The van der Waals surface area contributed by atoms with Crippen LogP contribution in [0.4, 0.5) is 24.7 Å². The number of aromatic nitrogens is 2. The Labute approximate surface area is 207 Å². The molecule has 2 aromatic heterocycles. The van der Waals surface area contributed by atoms with Gasteiger partial charge < -0.3 is 15.5 Å². The van der Waals surface area contributed by atoms with E-state index in [2.05, 4.69) is 4.98 Å². The number of nitrogens with zero attached hydrogens (tertiary/aromatic N) is 4. The monoisotopic (exact) mass is 495 g/mol. The summed E-state index contributed by atoms with van der Waals surface area (Å²) in [6, 6.07) is 9.00. The number of carbonyl (C=O) groups is 1. The van der Waals surface area contributed by atoms with Gasteiger partial charge in [0.1, 0.15) is 0 Å². The molecule has 2 saturated carbocycles. The first-order valence-corrected chi connectivity index (χ1v) is 12.5. The van der Waals surface area contributed by atoms with Crippen LogP contribution in [0.25, 0.3) is 21.9 Å². The number of hydrogen-bond donors (Lipinski definition) is 1. The topological polar surface area (TPSA) is 75.3 Å². The zero-order chi connectivity index (χ0) is 25.0. The van der Waals surface area contributed by atoms with E-state index in [1.165, 1.54) is 4.90 Å². The SMILES string of the molecule is Nc1cc(-c2cccc3cnccc23)c(C2CC2)nc1N1CCN(C(=O)C2CC2)C(CC(F)(F)F)C1. The third-order valence-corrected chi connectivity index (χ3v) is 7.45. The Balaban J connectivity index is 1.36. The van der Waals surface area contributed by atoms with Crippen molar-refractivity contribution < 1.29 is 18.0 Å². The maximum absolute atomic E-state index is 13.4. The quantitative estimate of drug-likeness (QED) is 0.531. The van der Waals surface area contributed by atoms with Crippen molar-refractivity contribution in [1.29, 1.82) is 0 Å². The molecule has 0 bridgehead atoms. The van der Waals surface area contributed by atoms with Gasteiger partial charge >= 0.3 is 6.18 Å². The van der Waals surface area contributed by atoms with Crippen LogP contribution in [0.3, 0.4) is 0 Å². The molecule has 36 heavy (non-hydrogen) atoms. The lowest BCUT2D eigenvalue weighted by Gasteiger charge is -2.42. The van der Waals surface area contributed by atoms with Gasteiger partial charge in [-0.2, -0.15) is 13.2 Å². The summed E-state index contributed by atoms with van der Waals surface area (Å²) < 4.78 is 40.3. The molecule has 1 unspecified atom stereocenters. The predicted octanol–water partition coefficient (Wildman–Crippen LogP) is 5.14. The second kappa shape index (κ2) is 8.64. The van der Waals surface area contributed by atoms with Crippen LogP contribution in [0.1, 0.15) is 43.7 Å². The van der Waals surface area contributed by atoms with Crippen LogP contribution in [-0.4, -0.2) is 52.6 Å². The number of nitrogens with two attached hydrogens (primary N) is 1. The van der Waals surface area contributed by atoms with Crippen LogP contribution in [0.2, 0.25) is 0 Å². The summed E-state index contributed by atoms with van der Waals surface area (Å²) in [7, 11) is 0. The highest BCUT2D eigenvalue weighted by Gasteiger charge is 2.43. The highest BCUT2D eigenvalue weighted by atomic mass is 19.4. The Kier molecular flexibility index (Phi) is 5.53. The van der Waals surface area contributed by atoms with Gasteiger partial charge in [0.2, 0.25) is 5.91 Å². The number of anilines is 2. The van der Waals surface area contributed by atoms with Crippen LogP contribution in [0.5, 0.6) is 0 Å². The summed E-state index contributed by atoms with van der Waals surface area (Å²) in [5.74, 6) is 0.560. The number of rotatable bonds is 5. The first-order valence-electron chi connectivity index (χ1n) is 12.5. The Morgan fingerprint density at radius 1 is 1.08 bits per heavy atom. The number of amides is 1. The third-order valence-electron chi connectivity index (χ3n) is 7.45. The summed E-state index contributed by atoms with van der Waals surface area (Å²) in [5.41, 5.74) is 9.89. The summed E-state index contributed by atoms with van der Waals surface area (Å²) in [6.45, 7) is 0.722. The lowest BCUT2D eigenvalue weighted by atomic mass is 9.96. The number of piperazine rings is 1. The number of benzene rings is 1. The van der Waals surface area contributed by atoms with Gasteiger partial charge in [0, 0.05) is 54.8 Å². The molecule has 188 valence electrons. The average molecular weight is 496 g/mol. The van der Waals surface area contributed by atoms with Gasteiger partial charge in [-0.15, -0.1) is 0 Å². The van der Waals surface area contributed by atoms with Crippen molar-refractivity contribution in [3.8, 4) is 11.1 Å². The van der Waals surface area contributed by atoms with E-state index < -0.39 is 18.6 Å². The Hall–Kier alpha value is -3.36. The summed E-state index contributed by atoms with van der Waals surface area (Å²) in [5, 5.41) is 2.08. The lowest BCUT2D eigenvalue weighted by Crippen LogP contribution is -2.57. The van der Waals surface area contributed by atoms with Crippen molar-refractivity contribution in [3.05, 3.63) is 48.4 Å². The molecule has 6 nitrogen and oxygen atoms in total. The van der Waals surface area contributed by atoms with Crippen LogP contribution in [-0.2, 0) is 4.79 Å². The second-order valence-electron chi connectivity index (χ2n) is 10.2. The van der Waals surface area contributed by atoms with E-state index in [9.17, 15) is 18.0 Å². The van der Waals surface area contributed by atoms with Gasteiger partial charge in [0.05, 0.1) is 23.8 Å².